The Morgan fingerprint density at radius 3 is 2.26 bits per heavy atom. The van der Waals surface area contributed by atoms with Gasteiger partial charge in [-0.1, -0.05) is 0 Å². The van der Waals surface area contributed by atoms with Crippen LogP contribution in [0.15, 0.2) is 21.9 Å². The largest absolute Gasteiger partial charge is 0.342 e. The molecule has 0 atom stereocenters. The van der Waals surface area contributed by atoms with Crippen LogP contribution in [0.3, 0.4) is 0 Å². The maximum absolute atomic E-state index is 13.0. The second-order valence-electron chi connectivity index (χ2n) is 8.31. The van der Waals surface area contributed by atoms with Crippen LogP contribution in [-0.2, 0) is 18.9 Å². The minimum absolute atomic E-state index is 0.166. The summed E-state index contributed by atoms with van der Waals surface area (Å²) < 4.78 is 2.31. The van der Waals surface area contributed by atoms with E-state index in [4.69, 9.17) is 0 Å². The van der Waals surface area contributed by atoms with Gasteiger partial charge in [0.15, 0.2) is 0 Å². The molecule has 0 aliphatic carbocycles. The van der Waals surface area contributed by atoms with Crippen LogP contribution in [0.5, 0.6) is 0 Å². The maximum Gasteiger partial charge on any atom is 0.332 e. The maximum atomic E-state index is 13.0. The fourth-order valence-corrected chi connectivity index (χ4v) is 4.31. The third-order valence-electron chi connectivity index (χ3n) is 6.27. The van der Waals surface area contributed by atoms with E-state index in [1.165, 1.54) is 30.3 Å². The number of carbonyl (C=O) groups excluding carboxylic acids is 2. The molecule has 4 heterocycles. The zero-order valence-electron chi connectivity index (χ0n) is 18.0. The second kappa shape index (κ2) is 8.62. The van der Waals surface area contributed by atoms with E-state index in [0.29, 0.717) is 38.3 Å². The number of fused-ring (bicyclic) bond motifs is 1. The first kappa shape index (κ1) is 21.2. The molecule has 2 aromatic rings. The van der Waals surface area contributed by atoms with Crippen molar-refractivity contribution < 1.29 is 9.59 Å². The van der Waals surface area contributed by atoms with Crippen LogP contribution in [0.25, 0.3) is 11.0 Å². The molecule has 0 radical (unpaired) electrons. The summed E-state index contributed by atoms with van der Waals surface area (Å²) in [4.78, 5) is 59.9. The van der Waals surface area contributed by atoms with Crippen molar-refractivity contribution >= 4 is 22.8 Å². The highest BCUT2D eigenvalue weighted by Gasteiger charge is 2.26. The summed E-state index contributed by atoms with van der Waals surface area (Å²) in [6, 6.07) is 1.51. The van der Waals surface area contributed by atoms with Gasteiger partial charge in [-0.05, 0) is 25.3 Å². The molecule has 0 aromatic carbocycles. The van der Waals surface area contributed by atoms with Gasteiger partial charge >= 0.3 is 5.69 Å². The summed E-state index contributed by atoms with van der Waals surface area (Å²) in [7, 11) is 2.95. The molecule has 10 nitrogen and oxygen atoms in total. The number of piperidine rings is 1. The van der Waals surface area contributed by atoms with Crippen molar-refractivity contribution in [3.05, 3.63) is 38.7 Å². The molecule has 0 unspecified atom stereocenters. The van der Waals surface area contributed by atoms with Gasteiger partial charge in [0.05, 0.1) is 17.5 Å². The molecule has 2 fully saturated rings. The van der Waals surface area contributed by atoms with Gasteiger partial charge in [0.1, 0.15) is 5.65 Å². The van der Waals surface area contributed by atoms with Crippen molar-refractivity contribution in [1.82, 2.24) is 28.8 Å². The summed E-state index contributed by atoms with van der Waals surface area (Å²) in [6.45, 7) is 4.36. The average Bonchev–Trinajstić information content (AvgIpc) is 2.81. The Balaban J connectivity index is 1.43. The van der Waals surface area contributed by atoms with Crippen LogP contribution in [0, 0.1) is 0 Å². The minimum atomic E-state index is -0.471. The summed E-state index contributed by atoms with van der Waals surface area (Å²) in [5.41, 5.74) is -0.354. The van der Waals surface area contributed by atoms with Crippen molar-refractivity contribution in [3.63, 3.8) is 0 Å². The van der Waals surface area contributed by atoms with E-state index in [0.717, 1.165) is 30.5 Å². The standard InChI is InChI=1S/C21H28N6O4/c1-23-18-16(20(30)24(2)21(23)31)12-15(13-22-18)19(29)27-10-8-25(9-11-27)14-17(28)26-6-4-3-5-7-26/h12-13H,3-11,14H2,1-2H3. The quantitative estimate of drug-likeness (QED) is 0.647. The zero-order valence-corrected chi connectivity index (χ0v) is 18.0. The second-order valence-corrected chi connectivity index (χ2v) is 8.31. The number of rotatable bonds is 3. The van der Waals surface area contributed by atoms with Crippen LogP contribution in [0.4, 0.5) is 0 Å². The van der Waals surface area contributed by atoms with E-state index in [2.05, 4.69) is 9.88 Å². The Morgan fingerprint density at radius 1 is 0.903 bits per heavy atom. The number of nitrogens with zero attached hydrogens (tertiary/aromatic N) is 6. The summed E-state index contributed by atoms with van der Waals surface area (Å²) in [5.74, 6) is -0.0352. The Kier molecular flexibility index (Phi) is 5.90. The molecule has 10 heteroatoms. The van der Waals surface area contributed by atoms with Crippen molar-refractivity contribution in [2.24, 2.45) is 14.1 Å². The number of likely N-dealkylation sites (tertiary alicyclic amines) is 1. The van der Waals surface area contributed by atoms with Gasteiger partial charge in [-0.15, -0.1) is 0 Å². The van der Waals surface area contributed by atoms with Gasteiger partial charge < -0.3 is 9.80 Å². The normalized spacial score (nSPS) is 17.9. The fourth-order valence-electron chi connectivity index (χ4n) is 4.31. The first-order valence-electron chi connectivity index (χ1n) is 10.7. The highest BCUT2D eigenvalue weighted by molar-refractivity contribution is 5.96. The number of carbonyl (C=O) groups is 2. The Labute approximate surface area is 179 Å². The number of hydrogen-bond acceptors (Lipinski definition) is 6. The molecular weight excluding hydrogens is 400 g/mol. The lowest BCUT2D eigenvalue weighted by atomic mass is 10.1. The summed E-state index contributed by atoms with van der Waals surface area (Å²) in [6.07, 6.45) is 4.75. The predicted molar refractivity (Wildman–Crippen MR) is 115 cm³/mol. The molecule has 2 saturated heterocycles. The van der Waals surface area contributed by atoms with Crippen molar-refractivity contribution in [1.29, 1.82) is 0 Å². The molecule has 2 aliphatic rings. The van der Waals surface area contributed by atoms with E-state index in [-0.39, 0.29) is 22.8 Å². The molecule has 0 N–H and O–H groups in total. The third-order valence-corrected chi connectivity index (χ3v) is 6.27. The molecule has 2 aromatic heterocycles. The van der Waals surface area contributed by atoms with Crippen molar-refractivity contribution in [2.45, 2.75) is 19.3 Å². The lowest BCUT2D eigenvalue weighted by Gasteiger charge is -2.36. The van der Waals surface area contributed by atoms with Gasteiger partial charge in [0.25, 0.3) is 11.5 Å². The number of pyridine rings is 1. The first-order chi connectivity index (χ1) is 14.9. The molecule has 166 valence electrons. The van der Waals surface area contributed by atoms with Crippen LogP contribution in [0.2, 0.25) is 0 Å². The molecular formula is C21H28N6O4. The highest BCUT2D eigenvalue weighted by atomic mass is 16.2. The van der Waals surface area contributed by atoms with E-state index in [1.807, 2.05) is 4.90 Å². The molecule has 0 saturated carbocycles. The first-order valence-corrected chi connectivity index (χ1v) is 10.7. The average molecular weight is 428 g/mol. The lowest BCUT2D eigenvalue weighted by Crippen LogP contribution is -2.52. The van der Waals surface area contributed by atoms with Crippen molar-refractivity contribution in [2.75, 3.05) is 45.8 Å². The van der Waals surface area contributed by atoms with Gasteiger partial charge in [-0.3, -0.25) is 28.4 Å². The predicted octanol–water partition coefficient (Wildman–Crippen LogP) is -0.597. The fraction of sp³-hybridized carbons (Fsp3) is 0.571. The van der Waals surface area contributed by atoms with E-state index >= 15 is 0 Å². The molecule has 4 rings (SSSR count). The SMILES string of the molecule is Cn1c(=O)c2cc(C(=O)N3CCN(CC(=O)N4CCCCC4)CC3)cnc2n(C)c1=O. The van der Waals surface area contributed by atoms with Crippen LogP contribution in [-0.4, -0.2) is 86.4 Å². The molecule has 31 heavy (non-hydrogen) atoms. The van der Waals surface area contributed by atoms with E-state index in [1.54, 1.807) is 11.9 Å². The van der Waals surface area contributed by atoms with Crippen LogP contribution < -0.4 is 11.2 Å². The van der Waals surface area contributed by atoms with Gasteiger partial charge in [0, 0.05) is 59.6 Å². The van der Waals surface area contributed by atoms with Crippen LogP contribution >= 0.6 is 0 Å². The van der Waals surface area contributed by atoms with Gasteiger partial charge in [0.2, 0.25) is 5.91 Å². The molecule has 2 amide bonds. The van der Waals surface area contributed by atoms with E-state index in [9.17, 15) is 19.2 Å². The molecule has 2 aliphatic heterocycles. The third kappa shape index (κ3) is 4.12. The molecule has 0 bridgehead atoms. The monoisotopic (exact) mass is 428 g/mol. The number of aromatic nitrogens is 3. The highest BCUT2D eigenvalue weighted by Crippen LogP contribution is 2.13. The number of amides is 2. The topological polar surface area (TPSA) is 101 Å². The Morgan fingerprint density at radius 2 is 1.58 bits per heavy atom. The number of hydrogen-bond donors (Lipinski definition) is 0. The van der Waals surface area contributed by atoms with E-state index < -0.39 is 11.2 Å². The lowest BCUT2D eigenvalue weighted by molar-refractivity contribution is -0.133. The minimum Gasteiger partial charge on any atom is -0.342 e. The Bertz CT molecular complexity index is 1120. The Hall–Kier alpha value is -3.01. The molecule has 0 spiro atoms. The smallest absolute Gasteiger partial charge is 0.332 e. The van der Waals surface area contributed by atoms with Gasteiger partial charge in [-0.25, -0.2) is 9.78 Å². The summed E-state index contributed by atoms with van der Waals surface area (Å²) >= 11 is 0. The zero-order chi connectivity index (χ0) is 22.1. The summed E-state index contributed by atoms with van der Waals surface area (Å²) in [5, 5.41) is 0.237. The van der Waals surface area contributed by atoms with Gasteiger partial charge in [-0.2, -0.15) is 0 Å². The number of aryl methyl sites for hydroxylation is 1. The number of piperazine rings is 1. The van der Waals surface area contributed by atoms with Crippen molar-refractivity contribution in [3.8, 4) is 0 Å². The van der Waals surface area contributed by atoms with Crippen LogP contribution in [0.1, 0.15) is 29.6 Å².